The molecule has 1 N–H and O–H groups in total. The first-order valence-corrected chi connectivity index (χ1v) is 8.66. The van der Waals surface area contributed by atoms with Crippen molar-refractivity contribution in [3.05, 3.63) is 64.2 Å². The standard InChI is InChI=1S/C19H19ClF2N2O2/c1-12-9-24(10-14-6-15(20)2-5-18(14)26-12)11-19(25)23-8-13-7-16(21)3-4-17(13)22/h2-7,12H,8-11H2,1H3,(H,23,25)/t12-/m1/s1. The van der Waals surface area contributed by atoms with E-state index >= 15 is 0 Å². The van der Waals surface area contributed by atoms with E-state index in [2.05, 4.69) is 5.32 Å². The molecule has 0 spiro atoms. The lowest BCUT2D eigenvalue weighted by atomic mass is 10.2. The maximum Gasteiger partial charge on any atom is 0.234 e. The van der Waals surface area contributed by atoms with Crippen LogP contribution < -0.4 is 10.1 Å². The van der Waals surface area contributed by atoms with Gasteiger partial charge in [-0.3, -0.25) is 9.69 Å². The van der Waals surface area contributed by atoms with Crippen LogP contribution in [0.1, 0.15) is 18.1 Å². The largest absolute Gasteiger partial charge is 0.489 e. The molecule has 0 radical (unpaired) electrons. The summed E-state index contributed by atoms with van der Waals surface area (Å²) in [6.07, 6.45) is -0.0918. The molecule has 0 saturated carbocycles. The van der Waals surface area contributed by atoms with E-state index in [9.17, 15) is 13.6 Å². The zero-order chi connectivity index (χ0) is 18.7. The Labute approximate surface area is 155 Å². The van der Waals surface area contributed by atoms with E-state index in [1.165, 1.54) is 0 Å². The number of hydrogen-bond acceptors (Lipinski definition) is 3. The molecule has 138 valence electrons. The van der Waals surface area contributed by atoms with Gasteiger partial charge in [-0.1, -0.05) is 11.6 Å². The Bertz CT molecular complexity index is 816. The molecule has 1 aliphatic heterocycles. The Morgan fingerprint density at radius 3 is 2.92 bits per heavy atom. The number of nitrogens with one attached hydrogen (secondary N) is 1. The van der Waals surface area contributed by atoms with Crippen molar-refractivity contribution in [3.8, 4) is 5.75 Å². The molecule has 0 bridgehead atoms. The number of fused-ring (bicyclic) bond motifs is 1. The highest BCUT2D eigenvalue weighted by atomic mass is 35.5. The maximum atomic E-state index is 13.6. The van der Waals surface area contributed by atoms with Crippen LogP contribution >= 0.6 is 11.6 Å². The van der Waals surface area contributed by atoms with Crippen molar-refractivity contribution in [1.29, 1.82) is 0 Å². The monoisotopic (exact) mass is 380 g/mol. The van der Waals surface area contributed by atoms with E-state index in [4.69, 9.17) is 16.3 Å². The number of rotatable bonds is 4. The van der Waals surface area contributed by atoms with E-state index in [0.717, 1.165) is 29.5 Å². The van der Waals surface area contributed by atoms with Gasteiger partial charge in [-0.05, 0) is 43.3 Å². The summed E-state index contributed by atoms with van der Waals surface area (Å²) >= 11 is 6.05. The summed E-state index contributed by atoms with van der Waals surface area (Å²) in [5.74, 6) is -0.604. The van der Waals surface area contributed by atoms with E-state index in [1.54, 1.807) is 6.07 Å². The third-order valence-corrected chi connectivity index (χ3v) is 4.35. The van der Waals surface area contributed by atoms with E-state index in [1.807, 2.05) is 24.0 Å². The molecule has 0 fully saturated rings. The van der Waals surface area contributed by atoms with Crippen molar-refractivity contribution in [2.24, 2.45) is 0 Å². The zero-order valence-corrected chi connectivity index (χ0v) is 15.0. The summed E-state index contributed by atoms with van der Waals surface area (Å²) in [6.45, 7) is 3.06. The predicted molar refractivity (Wildman–Crippen MR) is 95.0 cm³/mol. The van der Waals surface area contributed by atoms with Gasteiger partial charge in [0.05, 0.1) is 6.54 Å². The topological polar surface area (TPSA) is 41.6 Å². The molecule has 1 aliphatic rings. The van der Waals surface area contributed by atoms with Gasteiger partial charge in [0.2, 0.25) is 5.91 Å². The minimum atomic E-state index is -0.549. The summed E-state index contributed by atoms with van der Waals surface area (Å²) in [4.78, 5) is 14.2. The maximum absolute atomic E-state index is 13.6. The molecule has 3 rings (SSSR count). The number of nitrogens with zero attached hydrogens (tertiary/aromatic N) is 1. The molecule has 0 saturated heterocycles. The van der Waals surface area contributed by atoms with Crippen molar-refractivity contribution in [2.75, 3.05) is 13.1 Å². The molecular formula is C19H19ClF2N2O2. The van der Waals surface area contributed by atoms with Crippen molar-refractivity contribution in [1.82, 2.24) is 10.2 Å². The quantitative estimate of drug-likeness (QED) is 0.882. The van der Waals surface area contributed by atoms with Crippen LogP contribution in [0.4, 0.5) is 8.78 Å². The number of hydrogen-bond donors (Lipinski definition) is 1. The van der Waals surface area contributed by atoms with Crippen LogP contribution in [0.2, 0.25) is 5.02 Å². The molecule has 0 aliphatic carbocycles. The van der Waals surface area contributed by atoms with E-state index in [0.29, 0.717) is 18.1 Å². The predicted octanol–water partition coefficient (Wildman–Crippen LogP) is 3.52. The second kappa shape index (κ2) is 8.01. The molecular weight excluding hydrogens is 362 g/mol. The summed E-state index contributed by atoms with van der Waals surface area (Å²) in [7, 11) is 0. The van der Waals surface area contributed by atoms with Crippen molar-refractivity contribution in [2.45, 2.75) is 26.1 Å². The van der Waals surface area contributed by atoms with Crippen molar-refractivity contribution in [3.63, 3.8) is 0 Å². The summed E-state index contributed by atoms with van der Waals surface area (Å²) in [5.41, 5.74) is 1.02. The van der Waals surface area contributed by atoms with Crippen molar-refractivity contribution >= 4 is 17.5 Å². The molecule has 2 aromatic carbocycles. The highest BCUT2D eigenvalue weighted by Crippen LogP contribution is 2.27. The average Bonchev–Trinajstić information content (AvgIpc) is 2.72. The second-order valence-electron chi connectivity index (χ2n) is 6.36. The molecule has 7 heteroatoms. The molecule has 4 nitrogen and oxygen atoms in total. The molecule has 26 heavy (non-hydrogen) atoms. The van der Waals surface area contributed by atoms with Gasteiger partial charge in [0.1, 0.15) is 23.5 Å². The average molecular weight is 381 g/mol. The molecule has 1 amide bonds. The molecule has 1 heterocycles. The van der Waals surface area contributed by atoms with Gasteiger partial charge < -0.3 is 10.1 Å². The highest BCUT2D eigenvalue weighted by molar-refractivity contribution is 6.30. The smallest absolute Gasteiger partial charge is 0.234 e. The number of benzene rings is 2. The first-order valence-electron chi connectivity index (χ1n) is 8.29. The number of carbonyl (C=O) groups excluding carboxylic acids is 1. The van der Waals surface area contributed by atoms with Crippen LogP contribution in [0.25, 0.3) is 0 Å². The van der Waals surface area contributed by atoms with Gasteiger partial charge in [-0.2, -0.15) is 0 Å². The van der Waals surface area contributed by atoms with Crippen molar-refractivity contribution < 1.29 is 18.3 Å². The normalized spacial score (nSPS) is 17.2. The Kier molecular flexibility index (Phi) is 5.74. The van der Waals surface area contributed by atoms with Crippen LogP contribution in [-0.2, 0) is 17.9 Å². The zero-order valence-electron chi connectivity index (χ0n) is 14.3. The lowest BCUT2D eigenvalue weighted by molar-refractivity contribution is -0.122. The second-order valence-corrected chi connectivity index (χ2v) is 6.80. The van der Waals surface area contributed by atoms with Gasteiger partial charge in [-0.25, -0.2) is 8.78 Å². The number of amides is 1. The van der Waals surface area contributed by atoms with Crippen LogP contribution in [0.5, 0.6) is 5.75 Å². The van der Waals surface area contributed by atoms with Gasteiger partial charge in [-0.15, -0.1) is 0 Å². The van der Waals surface area contributed by atoms with Crippen LogP contribution in [-0.4, -0.2) is 30.0 Å². The van der Waals surface area contributed by atoms with Gasteiger partial charge >= 0.3 is 0 Å². The summed E-state index contributed by atoms with van der Waals surface area (Å²) in [6, 6.07) is 8.58. The highest BCUT2D eigenvalue weighted by Gasteiger charge is 2.22. The Balaban J connectivity index is 1.62. The summed E-state index contributed by atoms with van der Waals surface area (Å²) < 4.78 is 32.7. The first-order chi connectivity index (χ1) is 12.4. The fraction of sp³-hybridized carbons (Fsp3) is 0.316. The Morgan fingerprint density at radius 2 is 2.12 bits per heavy atom. The van der Waals surface area contributed by atoms with Crippen LogP contribution in [0.15, 0.2) is 36.4 Å². The minimum absolute atomic E-state index is 0.0647. The third-order valence-electron chi connectivity index (χ3n) is 4.11. The molecule has 2 aromatic rings. The fourth-order valence-corrected chi connectivity index (χ4v) is 3.16. The minimum Gasteiger partial charge on any atom is -0.489 e. The molecule has 0 unspecified atom stereocenters. The Hall–Kier alpha value is -2.18. The van der Waals surface area contributed by atoms with Gasteiger partial charge in [0, 0.05) is 35.8 Å². The van der Waals surface area contributed by atoms with Crippen LogP contribution in [0.3, 0.4) is 0 Å². The lowest BCUT2D eigenvalue weighted by Crippen LogP contribution is -2.39. The summed E-state index contributed by atoms with van der Waals surface area (Å²) in [5, 5.41) is 3.24. The molecule has 0 aromatic heterocycles. The third kappa shape index (κ3) is 4.71. The number of halogens is 3. The van der Waals surface area contributed by atoms with E-state index in [-0.39, 0.29) is 30.7 Å². The van der Waals surface area contributed by atoms with E-state index < -0.39 is 11.6 Å². The number of carbonyl (C=O) groups is 1. The fourth-order valence-electron chi connectivity index (χ4n) is 2.96. The van der Waals surface area contributed by atoms with Gasteiger partial charge in [0.25, 0.3) is 0 Å². The Morgan fingerprint density at radius 1 is 1.31 bits per heavy atom. The number of ether oxygens (including phenoxy) is 1. The SMILES string of the molecule is C[C@@H]1CN(CC(=O)NCc2cc(F)ccc2F)Cc2cc(Cl)ccc2O1. The molecule has 1 atom stereocenters. The first kappa shape index (κ1) is 18.6. The van der Waals surface area contributed by atoms with Gasteiger partial charge in [0.15, 0.2) is 0 Å². The van der Waals surface area contributed by atoms with Crippen LogP contribution in [0, 0.1) is 11.6 Å². The lowest BCUT2D eigenvalue weighted by Gasteiger charge is -2.21.